The van der Waals surface area contributed by atoms with Gasteiger partial charge in [-0.2, -0.15) is 13.2 Å². The van der Waals surface area contributed by atoms with Crippen molar-refractivity contribution < 1.29 is 13.2 Å². The second kappa shape index (κ2) is 6.43. The van der Waals surface area contributed by atoms with Crippen molar-refractivity contribution in [1.82, 2.24) is 14.6 Å². The number of rotatable bonds is 6. The molecule has 0 radical (unpaired) electrons. The first-order chi connectivity index (χ1) is 9.95. The van der Waals surface area contributed by atoms with E-state index in [1.54, 1.807) is 0 Å². The third kappa shape index (κ3) is 3.72. The highest BCUT2D eigenvalue weighted by Crippen LogP contribution is 2.29. The molecule has 0 amide bonds. The molecule has 0 saturated carbocycles. The summed E-state index contributed by atoms with van der Waals surface area (Å²) in [6.45, 7) is 2.71. The molecule has 2 rings (SSSR count). The molecule has 0 saturated heterocycles. The Morgan fingerprint density at radius 3 is 2.62 bits per heavy atom. The van der Waals surface area contributed by atoms with E-state index in [-0.39, 0.29) is 0 Å². The zero-order valence-corrected chi connectivity index (χ0v) is 11.9. The molecule has 0 aliphatic rings. The van der Waals surface area contributed by atoms with Gasteiger partial charge in [0, 0.05) is 12.6 Å². The van der Waals surface area contributed by atoms with E-state index < -0.39 is 11.7 Å². The van der Waals surface area contributed by atoms with E-state index in [1.165, 1.54) is 10.5 Å². The van der Waals surface area contributed by atoms with Gasteiger partial charge in [-0.3, -0.25) is 4.40 Å². The summed E-state index contributed by atoms with van der Waals surface area (Å²) in [7, 11) is 0. The summed E-state index contributed by atoms with van der Waals surface area (Å²) in [5.74, 6) is 1.03. The Bertz CT molecular complexity index is 591. The minimum atomic E-state index is -4.36. The van der Waals surface area contributed by atoms with Crippen LogP contribution in [0, 0.1) is 5.92 Å². The molecule has 0 aromatic carbocycles. The van der Waals surface area contributed by atoms with Gasteiger partial charge in [-0.05, 0) is 37.4 Å². The molecule has 0 fully saturated rings. The SMILES string of the molecule is CCC(CCN)CCc1nnc2ccc(C(F)(F)F)cn12. The standard InChI is InChI=1S/C14H19F3N4/c1-2-10(7-8-18)3-5-12-19-20-13-6-4-11(9-21(12)13)14(15,16)17/h4,6,9-10H,2-3,5,7-8,18H2,1H3. The van der Waals surface area contributed by atoms with Gasteiger partial charge in [0.1, 0.15) is 5.82 Å². The summed E-state index contributed by atoms with van der Waals surface area (Å²) in [6.07, 6.45) is 0.0737. The fraction of sp³-hybridized carbons (Fsp3) is 0.571. The molecule has 116 valence electrons. The fourth-order valence-corrected chi connectivity index (χ4v) is 2.40. The molecule has 2 aromatic rings. The van der Waals surface area contributed by atoms with E-state index in [0.29, 0.717) is 30.4 Å². The fourth-order valence-electron chi connectivity index (χ4n) is 2.40. The molecule has 0 aliphatic carbocycles. The highest BCUT2D eigenvalue weighted by molar-refractivity contribution is 5.40. The largest absolute Gasteiger partial charge is 0.417 e. The lowest BCUT2D eigenvalue weighted by Gasteiger charge is -2.12. The van der Waals surface area contributed by atoms with Crippen LogP contribution in [0.4, 0.5) is 13.2 Å². The first kappa shape index (κ1) is 15.8. The van der Waals surface area contributed by atoms with Crippen LogP contribution in [0.1, 0.15) is 37.6 Å². The van der Waals surface area contributed by atoms with Crippen molar-refractivity contribution in [3.8, 4) is 0 Å². The van der Waals surface area contributed by atoms with Gasteiger partial charge in [-0.15, -0.1) is 10.2 Å². The number of halogens is 3. The molecule has 0 aliphatic heterocycles. The molecule has 2 N–H and O–H groups in total. The normalized spacial score (nSPS) is 13.8. The smallest absolute Gasteiger partial charge is 0.330 e. The maximum absolute atomic E-state index is 12.8. The number of fused-ring (bicyclic) bond motifs is 1. The lowest BCUT2D eigenvalue weighted by molar-refractivity contribution is -0.137. The van der Waals surface area contributed by atoms with Crippen LogP contribution in [0.3, 0.4) is 0 Å². The summed E-state index contributed by atoms with van der Waals surface area (Å²) in [5, 5.41) is 7.91. The van der Waals surface area contributed by atoms with E-state index in [1.807, 2.05) is 0 Å². The number of hydrogen-bond acceptors (Lipinski definition) is 3. The highest BCUT2D eigenvalue weighted by Gasteiger charge is 2.31. The molecule has 2 aromatic heterocycles. The number of hydrogen-bond donors (Lipinski definition) is 1. The van der Waals surface area contributed by atoms with Crippen LogP contribution in [0.5, 0.6) is 0 Å². The van der Waals surface area contributed by atoms with Gasteiger partial charge < -0.3 is 5.73 Å². The lowest BCUT2D eigenvalue weighted by Crippen LogP contribution is -2.10. The molecule has 21 heavy (non-hydrogen) atoms. The predicted octanol–water partition coefficient (Wildman–Crippen LogP) is 3.06. The van der Waals surface area contributed by atoms with E-state index in [9.17, 15) is 13.2 Å². The Morgan fingerprint density at radius 1 is 1.24 bits per heavy atom. The maximum Gasteiger partial charge on any atom is 0.417 e. The van der Waals surface area contributed by atoms with Crippen molar-refractivity contribution in [2.75, 3.05) is 6.54 Å². The van der Waals surface area contributed by atoms with Gasteiger partial charge in [0.2, 0.25) is 0 Å². The van der Waals surface area contributed by atoms with Gasteiger partial charge in [0.05, 0.1) is 5.56 Å². The Morgan fingerprint density at radius 2 is 2.00 bits per heavy atom. The van der Waals surface area contributed by atoms with Crippen molar-refractivity contribution in [3.63, 3.8) is 0 Å². The van der Waals surface area contributed by atoms with Gasteiger partial charge in [-0.25, -0.2) is 0 Å². The zero-order valence-electron chi connectivity index (χ0n) is 11.9. The van der Waals surface area contributed by atoms with Crippen LogP contribution in [0.2, 0.25) is 0 Å². The number of nitrogens with two attached hydrogens (primary N) is 1. The van der Waals surface area contributed by atoms with Crippen LogP contribution in [0.15, 0.2) is 18.3 Å². The number of nitrogens with zero attached hydrogens (tertiary/aromatic N) is 3. The first-order valence-corrected chi connectivity index (χ1v) is 7.06. The van der Waals surface area contributed by atoms with E-state index in [0.717, 1.165) is 31.5 Å². The van der Waals surface area contributed by atoms with Gasteiger partial charge in [0.25, 0.3) is 0 Å². The van der Waals surface area contributed by atoms with Crippen LogP contribution < -0.4 is 5.73 Å². The van der Waals surface area contributed by atoms with Gasteiger partial charge in [0.15, 0.2) is 5.65 Å². The Labute approximate surface area is 121 Å². The Hall–Kier alpha value is -1.63. The number of alkyl halides is 3. The second-order valence-corrected chi connectivity index (χ2v) is 5.15. The molecule has 4 nitrogen and oxygen atoms in total. The third-order valence-corrected chi connectivity index (χ3v) is 3.73. The van der Waals surface area contributed by atoms with E-state index in [2.05, 4.69) is 17.1 Å². The maximum atomic E-state index is 12.8. The molecular weight excluding hydrogens is 281 g/mol. The van der Waals surface area contributed by atoms with E-state index >= 15 is 0 Å². The minimum Gasteiger partial charge on any atom is -0.330 e. The van der Waals surface area contributed by atoms with Crippen molar-refractivity contribution in [2.45, 2.75) is 38.8 Å². The number of pyridine rings is 1. The van der Waals surface area contributed by atoms with Crippen molar-refractivity contribution >= 4 is 5.65 Å². The third-order valence-electron chi connectivity index (χ3n) is 3.73. The lowest BCUT2D eigenvalue weighted by atomic mass is 9.96. The van der Waals surface area contributed by atoms with Crippen molar-refractivity contribution in [2.24, 2.45) is 11.7 Å². The van der Waals surface area contributed by atoms with Crippen molar-refractivity contribution in [1.29, 1.82) is 0 Å². The Balaban J connectivity index is 2.20. The summed E-state index contributed by atoms with van der Waals surface area (Å²) >= 11 is 0. The Kier molecular flexibility index (Phi) is 4.82. The minimum absolute atomic E-state index is 0.435. The zero-order chi connectivity index (χ0) is 15.5. The topological polar surface area (TPSA) is 56.2 Å². The molecule has 0 spiro atoms. The predicted molar refractivity (Wildman–Crippen MR) is 73.8 cm³/mol. The molecule has 1 atom stereocenters. The number of aryl methyl sites for hydroxylation is 1. The number of aromatic nitrogens is 3. The van der Waals surface area contributed by atoms with E-state index in [4.69, 9.17) is 5.73 Å². The second-order valence-electron chi connectivity index (χ2n) is 5.15. The van der Waals surface area contributed by atoms with Gasteiger partial charge >= 0.3 is 6.18 Å². The highest BCUT2D eigenvalue weighted by atomic mass is 19.4. The first-order valence-electron chi connectivity index (χ1n) is 7.06. The van der Waals surface area contributed by atoms with Crippen LogP contribution in [-0.2, 0) is 12.6 Å². The molecule has 2 heterocycles. The average molecular weight is 300 g/mol. The van der Waals surface area contributed by atoms with Crippen LogP contribution in [-0.4, -0.2) is 21.1 Å². The summed E-state index contributed by atoms with van der Waals surface area (Å²) < 4.78 is 39.7. The monoisotopic (exact) mass is 300 g/mol. The van der Waals surface area contributed by atoms with Crippen LogP contribution >= 0.6 is 0 Å². The molecule has 1 unspecified atom stereocenters. The average Bonchev–Trinajstić information content (AvgIpc) is 2.85. The van der Waals surface area contributed by atoms with Crippen molar-refractivity contribution in [3.05, 3.63) is 29.7 Å². The molecule has 7 heteroatoms. The van der Waals surface area contributed by atoms with Crippen LogP contribution in [0.25, 0.3) is 5.65 Å². The molecule has 0 bridgehead atoms. The summed E-state index contributed by atoms with van der Waals surface area (Å²) in [6, 6.07) is 2.37. The molecular formula is C14H19F3N4. The summed E-state index contributed by atoms with van der Waals surface area (Å²) in [5.41, 5.74) is 5.30. The summed E-state index contributed by atoms with van der Waals surface area (Å²) in [4.78, 5) is 0. The quantitative estimate of drug-likeness (QED) is 0.892. The van der Waals surface area contributed by atoms with Gasteiger partial charge in [-0.1, -0.05) is 13.3 Å².